The first kappa shape index (κ1) is 24.2. The number of rotatable bonds is 9. The van der Waals surface area contributed by atoms with Crippen LogP contribution in [0, 0.1) is 6.92 Å². The van der Waals surface area contributed by atoms with Gasteiger partial charge in [-0.2, -0.15) is 4.31 Å². The molecule has 30 heavy (non-hydrogen) atoms. The minimum absolute atomic E-state index is 0.239. The zero-order valence-corrected chi connectivity index (χ0v) is 19.5. The van der Waals surface area contributed by atoms with Gasteiger partial charge in [-0.3, -0.25) is 4.79 Å². The summed E-state index contributed by atoms with van der Waals surface area (Å²) in [5.41, 5.74) is 1.65. The van der Waals surface area contributed by atoms with E-state index in [9.17, 15) is 13.2 Å². The smallest absolute Gasteiger partial charge is 0.261 e. The number of aryl methyl sites for hydroxylation is 1. The van der Waals surface area contributed by atoms with Crippen molar-refractivity contribution in [3.8, 4) is 5.75 Å². The van der Waals surface area contributed by atoms with Crippen LogP contribution >= 0.6 is 11.6 Å². The summed E-state index contributed by atoms with van der Waals surface area (Å²) in [5, 5.41) is 3.51. The van der Waals surface area contributed by atoms with Crippen LogP contribution in [0.4, 0.5) is 0 Å². The lowest BCUT2D eigenvalue weighted by Gasteiger charge is -2.21. The first-order valence-corrected chi connectivity index (χ1v) is 11.7. The van der Waals surface area contributed by atoms with Crippen LogP contribution in [0.15, 0.2) is 47.4 Å². The van der Waals surface area contributed by atoms with E-state index in [-0.39, 0.29) is 16.8 Å². The summed E-state index contributed by atoms with van der Waals surface area (Å²) in [6, 6.07) is 11.5. The number of benzene rings is 2. The maximum absolute atomic E-state index is 12.6. The van der Waals surface area contributed by atoms with Gasteiger partial charge in [-0.25, -0.2) is 8.42 Å². The molecule has 0 aliphatic heterocycles. The van der Waals surface area contributed by atoms with Crippen molar-refractivity contribution in [3.63, 3.8) is 0 Å². The van der Waals surface area contributed by atoms with Gasteiger partial charge < -0.3 is 10.1 Å². The van der Waals surface area contributed by atoms with Gasteiger partial charge in [-0.1, -0.05) is 37.6 Å². The monoisotopic (exact) mass is 452 g/mol. The maximum atomic E-state index is 12.6. The van der Waals surface area contributed by atoms with Crippen LogP contribution in [-0.2, 0) is 14.8 Å². The van der Waals surface area contributed by atoms with Gasteiger partial charge in [0.2, 0.25) is 10.0 Å². The molecule has 2 rings (SSSR count). The molecule has 0 aromatic heterocycles. The third-order valence-corrected chi connectivity index (χ3v) is 7.19. The Labute approximate surface area is 184 Å². The number of amides is 1. The second-order valence-corrected chi connectivity index (χ2v) is 9.43. The number of hydrogen-bond acceptors (Lipinski definition) is 4. The number of ether oxygens (including phenoxy) is 1. The molecule has 0 radical (unpaired) electrons. The SMILES string of the molecule is CCN(CC)S(=O)(=O)c1ccc(C(C)NC(=O)C(C)Oc2ccc(Cl)cc2C)cc1. The predicted octanol–water partition coefficient (Wildman–Crippen LogP) is 4.32. The average molecular weight is 453 g/mol. The van der Waals surface area contributed by atoms with Gasteiger partial charge in [-0.05, 0) is 62.2 Å². The van der Waals surface area contributed by atoms with E-state index in [0.717, 1.165) is 11.1 Å². The Bertz CT molecular complexity index is 973. The highest BCUT2D eigenvalue weighted by Gasteiger charge is 2.22. The largest absolute Gasteiger partial charge is 0.481 e. The minimum atomic E-state index is -3.51. The van der Waals surface area contributed by atoms with Gasteiger partial charge in [0.1, 0.15) is 5.75 Å². The standard InChI is InChI=1S/C22H29ClN2O4S/c1-6-25(7-2)30(27,28)20-11-8-18(9-12-20)16(4)24-22(26)17(5)29-21-13-10-19(23)14-15(21)3/h8-14,16-17H,6-7H2,1-5H3,(H,24,26). The van der Waals surface area contributed by atoms with Crippen molar-refractivity contribution in [3.05, 3.63) is 58.6 Å². The molecule has 8 heteroatoms. The fourth-order valence-electron chi connectivity index (χ4n) is 3.04. The molecule has 164 valence electrons. The van der Waals surface area contributed by atoms with Crippen molar-refractivity contribution in [2.75, 3.05) is 13.1 Å². The van der Waals surface area contributed by atoms with Crippen LogP contribution in [0.25, 0.3) is 0 Å². The highest BCUT2D eigenvalue weighted by atomic mass is 35.5. The molecule has 0 saturated carbocycles. The number of nitrogens with one attached hydrogen (secondary N) is 1. The van der Waals surface area contributed by atoms with Crippen molar-refractivity contribution in [2.45, 2.75) is 51.7 Å². The van der Waals surface area contributed by atoms with Gasteiger partial charge in [0.25, 0.3) is 5.91 Å². The van der Waals surface area contributed by atoms with E-state index in [1.807, 2.05) is 27.7 Å². The zero-order valence-electron chi connectivity index (χ0n) is 18.0. The third kappa shape index (κ3) is 5.74. The van der Waals surface area contributed by atoms with Crippen molar-refractivity contribution < 1.29 is 17.9 Å². The molecule has 1 amide bonds. The zero-order chi connectivity index (χ0) is 22.5. The highest BCUT2D eigenvalue weighted by Crippen LogP contribution is 2.23. The Morgan fingerprint density at radius 2 is 1.70 bits per heavy atom. The number of carbonyl (C=O) groups is 1. The van der Waals surface area contributed by atoms with E-state index in [1.165, 1.54) is 4.31 Å². The van der Waals surface area contributed by atoms with Gasteiger partial charge in [0.15, 0.2) is 6.10 Å². The molecule has 0 heterocycles. The average Bonchev–Trinajstić information content (AvgIpc) is 2.70. The van der Waals surface area contributed by atoms with Gasteiger partial charge in [0, 0.05) is 18.1 Å². The molecule has 2 atom stereocenters. The van der Waals surface area contributed by atoms with E-state index < -0.39 is 16.1 Å². The molecule has 2 aromatic carbocycles. The molecule has 0 aliphatic carbocycles. The minimum Gasteiger partial charge on any atom is -0.481 e. The Kier molecular flexibility index (Phi) is 8.29. The molecular weight excluding hydrogens is 424 g/mol. The molecule has 0 bridgehead atoms. The number of hydrogen-bond donors (Lipinski definition) is 1. The van der Waals surface area contributed by atoms with Crippen molar-refractivity contribution in [2.24, 2.45) is 0 Å². The molecule has 0 spiro atoms. The Morgan fingerprint density at radius 1 is 1.10 bits per heavy atom. The summed E-state index contributed by atoms with van der Waals surface area (Å²) in [4.78, 5) is 12.8. The fraction of sp³-hybridized carbons (Fsp3) is 0.409. The third-order valence-electron chi connectivity index (χ3n) is 4.89. The molecule has 6 nitrogen and oxygen atoms in total. The quantitative estimate of drug-likeness (QED) is 0.614. The van der Waals surface area contributed by atoms with Crippen LogP contribution in [0.3, 0.4) is 0 Å². The van der Waals surface area contributed by atoms with Crippen LogP contribution in [0.5, 0.6) is 5.75 Å². The second kappa shape index (κ2) is 10.3. The van der Waals surface area contributed by atoms with Crippen LogP contribution in [-0.4, -0.2) is 37.8 Å². The summed E-state index contributed by atoms with van der Waals surface area (Å²) >= 11 is 5.95. The summed E-state index contributed by atoms with van der Waals surface area (Å²) < 4.78 is 32.4. The predicted molar refractivity (Wildman–Crippen MR) is 119 cm³/mol. The Hall–Kier alpha value is -2.09. The normalized spacial score (nSPS) is 13.7. The number of nitrogens with zero attached hydrogens (tertiary/aromatic N) is 1. The van der Waals surface area contributed by atoms with Crippen LogP contribution in [0.1, 0.15) is 44.9 Å². The molecule has 0 saturated heterocycles. The second-order valence-electron chi connectivity index (χ2n) is 7.06. The topological polar surface area (TPSA) is 75.7 Å². The van der Waals surface area contributed by atoms with E-state index in [1.54, 1.807) is 49.4 Å². The molecule has 0 fully saturated rings. The summed E-state index contributed by atoms with van der Waals surface area (Å²) in [7, 11) is -3.51. The Morgan fingerprint density at radius 3 is 2.23 bits per heavy atom. The highest BCUT2D eigenvalue weighted by molar-refractivity contribution is 7.89. The van der Waals surface area contributed by atoms with Crippen molar-refractivity contribution in [1.29, 1.82) is 0 Å². The number of carbonyl (C=O) groups excluding carboxylic acids is 1. The summed E-state index contributed by atoms with van der Waals surface area (Å²) in [6.07, 6.45) is -0.699. The number of halogens is 1. The first-order chi connectivity index (χ1) is 14.1. The first-order valence-electron chi connectivity index (χ1n) is 9.93. The van der Waals surface area contributed by atoms with E-state index in [2.05, 4.69) is 5.32 Å². The van der Waals surface area contributed by atoms with E-state index in [4.69, 9.17) is 16.3 Å². The molecular formula is C22H29ClN2O4S. The van der Waals surface area contributed by atoms with Crippen molar-refractivity contribution in [1.82, 2.24) is 9.62 Å². The van der Waals surface area contributed by atoms with Gasteiger partial charge in [0.05, 0.1) is 10.9 Å². The molecule has 2 aromatic rings. The summed E-state index contributed by atoms with van der Waals surface area (Å²) in [6.45, 7) is 9.82. The van der Waals surface area contributed by atoms with Crippen LogP contribution in [0.2, 0.25) is 5.02 Å². The fourth-order valence-corrected chi connectivity index (χ4v) is 4.73. The summed E-state index contributed by atoms with van der Waals surface area (Å²) in [5.74, 6) is 0.331. The van der Waals surface area contributed by atoms with Gasteiger partial charge >= 0.3 is 0 Å². The number of sulfonamides is 1. The van der Waals surface area contributed by atoms with E-state index in [0.29, 0.717) is 23.9 Å². The Balaban J connectivity index is 2.04. The lowest BCUT2D eigenvalue weighted by atomic mass is 10.1. The molecule has 0 aliphatic rings. The molecule has 1 N–H and O–H groups in total. The lowest BCUT2D eigenvalue weighted by molar-refractivity contribution is -0.127. The maximum Gasteiger partial charge on any atom is 0.261 e. The van der Waals surface area contributed by atoms with Crippen molar-refractivity contribution >= 4 is 27.5 Å². The lowest BCUT2D eigenvalue weighted by Crippen LogP contribution is -2.37. The van der Waals surface area contributed by atoms with E-state index >= 15 is 0 Å². The van der Waals surface area contributed by atoms with Crippen LogP contribution < -0.4 is 10.1 Å². The van der Waals surface area contributed by atoms with Gasteiger partial charge in [-0.15, -0.1) is 0 Å². The molecule has 2 unspecified atom stereocenters.